The number of nitrogens with zero attached hydrogens (tertiary/aromatic N) is 3. The second kappa shape index (κ2) is 6.88. The van der Waals surface area contributed by atoms with E-state index in [0.29, 0.717) is 10.8 Å². The SMILES string of the molecule is O=C(Nc1nccs1)Nc1cn(-c2ccccc2)nc1-c1cccs1. The number of thiophene rings is 1. The lowest BCUT2D eigenvalue weighted by atomic mass is 10.3. The van der Waals surface area contributed by atoms with Gasteiger partial charge in [-0.25, -0.2) is 14.5 Å². The molecule has 0 fully saturated rings. The minimum Gasteiger partial charge on any atom is -0.304 e. The molecule has 1 aromatic carbocycles. The van der Waals surface area contributed by atoms with Crippen LogP contribution < -0.4 is 10.6 Å². The zero-order valence-corrected chi connectivity index (χ0v) is 14.6. The standard InChI is InChI=1S/C17H13N5OS2/c23-16(20-17-18-8-10-25-17)19-13-11-22(12-5-2-1-3-6-12)21-15(13)14-7-4-9-24-14/h1-11H,(H2,18,19,20,23). The van der Waals surface area contributed by atoms with Crippen molar-refractivity contribution in [3.05, 3.63) is 65.6 Å². The monoisotopic (exact) mass is 367 g/mol. The molecule has 0 saturated heterocycles. The van der Waals surface area contributed by atoms with Gasteiger partial charge in [0.1, 0.15) is 5.69 Å². The first kappa shape index (κ1) is 15.6. The molecule has 25 heavy (non-hydrogen) atoms. The van der Waals surface area contributed by atoms with Crippen LogP contribution in [0.15, 0.2) is 65.6 Å². The fourth-order valence-corrected chi connectivity index (χ4v) is 3.56. The molecule has 2 N–H and O–H groups in total. The summed E-state index contributed by atoms with van der Waals surface area (Å²) in [7, 11) is 0. The Morgan fingerprint density at radius 3 is 2.60 bits per heavy atom. The third kappa shape index (κ3) is 3.44. The Morgan fingerprint density at radius 1 is 1.00 bits per heavy atom. The summed E-state index contributed by atoms with van der Waals surface area (Å²) in [5, 5.41) is 14.6. The molecular weight excluding hydrogens is 354 g/mol. The van der Waals surface area contributed by atoms with Gasteiger partial charge in [-0.05, 0) is 23.6 Å². The van der Waals surface area contributed by atoms with Crippen LogP contribution in [-0.4, -0.2) is 20.8 Å². The predicted octanol–water partition coefficient (Wildman–Crippen LogP) is 4.70. The first-order valence-electron chi connectivity index (χ1n) is 7.46. The van der Waals surface area contributed by atoms with Crippen molar-refractivity contribution in [2.75, 3.05) is 10.6 Å². The molecule has 3 aromatic heterocycles. The van der Waals surface area contributed by atoms with Crippen LogP contribution in [0.25, 0.3) is 16.3 Å². The van der Waals surface area contributed by atoms with Gasteiger partial charge in [-0.15, -0.1) is 22.7 Å². The topological polar surface area (TPSA) is 71.8 Å². The molecule has 0 spiro atoms. The van der Waals surface area contributed by atoms with Gasteiger partial charge < -0.3 is 5.32 Å². The number of urea groups is 1. The van der Waals surface area contributed by atoms with Crippen molar-refractivity contribution >= 4 is 39.5 Å². The number of thiazole rings is 1. The van der Waals surface area contributed by atoms with Crippen LogP contribution >= 0.6 is 22.7 Å². The molecule has 0 aliphatic heterocycles. The number of hydrogen-bond donors (Lipinski definition) is 2. The minimum atomic E-state index is -0.347. The Hall–Kier alpha value is -2.97. The molecule has 0 radical (unpaired) electrons. The van der Waals surface area contributed by atoms with Crippen molar-refractivity contribution in [2.24, 2.45) is 0 Å². The average Bonchev–Trinajstić information content (AvgIpc) is 3.37. The van der Waals surface area contributed by atoms with E-state index in [2.05, 4.69) is 20.7 Å². The van der Waals surface area contributed by atoms with E-state index in [1.165, 1.54) is 11.3 Å². The second-order valence-electron chi connectivity index (χ2n) is 5.07. The molecular formula is C17H13N5OS2. The maximum absolute atomic E-state index is 12.3. The summed E-state index contributed by atoms with van der Waals surface area (Å²) in [6.45, 7) is 0. The molecule has 124 valence electrons. The van der Waals surface area contributed by atoms with Gasteiger partial charge in [-0.3, -0.25) is 5.32 Å². The average molecular weight is 367 g/mol. The highest BCUT2D eigenvalue weighted by molar-refractivity contribution is 7.14. The summed E-state index contributed by atoms with van der Waals surface area (Å²) in [5.41, 5.74) is 2.29. The molecule has 0 bridgehead atoms. The summed E-state index contributed by atoms with van der Waals surface area (Å²) in [6, 6.07) is 13.4. The van der Waals surface area contributed by atoms with Gasteiger partial charge in [0, 0.05) is 11.6 Å². The summed E-state index contributed by atoms with van der Waals surface area (Å²) < 4.78 is 1.76. The third-order valence-electron chi connectivity index (χ3n) is 3.39. The molecule has 3 heterocycles. The Labute approximate surface area is 151 Å². The lowest BCUT2D eigenvalue weighted by Gasteiger charge is -2.04. The number of rotatable bonds is 4. The molecule has 0 saturated carbocycles. The van der Waals surface area contributed by atoms with Crippen LogP contribution in [0.3, 0.4) is 0 Å². The summed E-state index contributed by atoms with van der Waals surface area (Å²) in [5.74, 6) is 0. The molecule has 6 nitrogen and oxygen atoms in total. The van der Waals surface area contributed by atoms with Crippen molar-refractivity contribution < 1.29 is 4.79 Å². The molecule has 2 amide bonds. The van der Waals surface area contributed by atoms with Crippen LogP contribution in [0, 0.1) is 0 Å². The van der Waals surface area contributed by atoms with Gasteiger partial charge in [-0.2, -0.15) is 5.10 Å². The lowest BCUT2D eigenvalue weighted by Crippen LogP contribution is -2.19. The fraction of sp³-hybridized carbons (Fsp3) is 0. The van der Waals surface area contributed by atoms with Crippen LogP contribution in [-0.2, 0) is 0 Å². The number of carbonyl (C=O) groups is 1. The first-order valence-corrected chi connectivity index (χ1v) is 9.22. The second-order valence-corrected chi connectivity index (χ2v) is 6.91. The maximum atomic E-state index is 12.3. The zero-order chi connectivity index (χ0) is 17.1. The number of anilines is 2. The van der Waals surface area contributed by atoms with Crippen LogP contribution in [0.4, 0.5) is 15.6 Å². The van der Waals surface area contributed by atoms with Gasteiger partial charge in [0.05, 0.1) is 22.4 Å². The number of hydrogen-bond acceptors (Lipinski definition) is 5. The molecule has 4 rings (SSSR count). The van der Waals surface area contributed by atoms with Crippen molar-refractivity contribution in [3.63, 3.8) is 0 Å². The van der Waals surface area contributed by atoms with E-state index in [-0.39, 0.29) is 6.03 Å². The van der Waals surface area contributed by atoms with Crippen molar-refractivity contribution in [1.82, 2.24) is 14.8 Å². The molecule has 0 unspecified atom stereocenters. The van der Waals surface area contributed by atoms with E-state index >= 15 is 0 Å². The normalized spacial score (nSPS) is 10.6. The quantitative estimate of drug-likeness (QED) is 0.549. The number of benzene rings is 1. The summed E-state index contributed by atoms with van der Waals surface area (Å²) in [4.78, 5) is 17.3. The Kier molecular flexibility index (Phi) is 4.28. The molecule has 0 aliphatic carbocycles. The van der Waals surface area contributed by atoms with Gasteiger partial charge >= 0.3 is 6.03 Å². The number of carbonyl (C=O) groups excluding carboxylic acids is 1. The molecule has 4 aromatic rings. The Morgan fingerprint density at radius 2 is 1.88 bits per heavy atom. The fourth-order valence-electron chi connectivity index (χ4n) is 2.31. The van der Waals surface area contributed by atoms with E-state index in [1.54, 1.807) is 27.6 Å². The summed E-state index contributed by atoms with van der Waals surface area (Å²) in [6.07, 6.45) is 3.45. The van der Waals surface area contributed by atoms with Gasteiger partial charge in [0.2, 0.25) is 0 Å². The van der Waals surface area contributed by atoms with Crippen molar-refractivity contribution in [3.8, 4) is 16.3 Å². The highest BCUT2D eigenvalue weighted by atomic mass is 32.1. The molecule has 0 aliphatic rings. The van der Waals surface area contributed by atoms with E-state index < -0.39 is 0 Å². The van der Waals surface area contributed by atoms with E-state index in [9.17, 15) is 4.79 Å². The van der Waals surface area contributed by atoms with Crippen LogP contribution in [0.5, 0.6) is 0 Å². The van der Waals surface area contributed by atoms with Crippen LogP contribution in [0.1, 0.15) is 0 Å². The Bertz CT molecular complexity index is 962. The largest absolute Gasteiger partial charge is 0.325 e. The molecule has 0 atom stereocenters. The Balaban J connectivity index is 1.65. The third-order valence-corrected chi connectivity index (χ3v) is 4.96. The predicted molar refractivity (Wildman–Crippen MR) is 102 cm³/mol. The minimum absolute atomic E-state index is 0.347. The smallest absolute Gasteiger partial charge is 0.304 e. The highest BCUT2D eigenvalue weighted by Crippen LogP contribution is 2.31. The number of para-hydroxylation sites is 1. The van der Waals surface area contributed by atoms with E-state index in [1.807, 2.05) is 54.0 Å². The molecule has 8 heteroatoms. The van der Waals surface area contributed by atoms with Gasteiger partial charge in [0.15, 0.2) is 5.13 Å². The van der Waals surface area contributed by atoms with E-state index in [0.717, 1.165) is 16.3 Å². The number of aromatic nitrogens is 3. The maximum Gasteiger partial charge on any atom is 0.325 e. The van der Waals surface area contributed by atoms with Gasteiger partial charge in [-0.1, -0.05) is 24.3 Å². The van der Waals surface area contributed by atoms with Crippen molar-refractivity contribution in [2.45, 2.75) is 0 Å². The lowest BCUT2D eigenvalue weighted by molar-refractivity contribution is 0.262. The summed E-state index contributed by atoms with van der Waals surface area (Å²) >= 11 is 2.94. The number of nitrogens with one attached hydrogen (secondary N) is 2. The van der Waals surface area contributed by atoms with Gasteiger partial charge in [0.25, 0.3) is 0 Å². The number of amides is 2. The highest BCUT2D eigenvalue weighted by Gasteiger charge is 2.16. The van der Waals surface area contributed by atoms with E-state index in [4.69, 9.17) is 0 Å². The van der Waals surface area contributed by atoms with Crippen LogP contribution in [0.2, 0.25) is 0 Å². The van der Waals surface area contributed by atoms with Crippen molar-refractivity contribution in [1.29, 1.82) is 0 Å². The first-order chi connectivity index (χ1) is 12.3. The zero-order valence-electron chi connectivity index (χ0n) is 12.9.